The maximum absolute atomic E-state index is 11.6. The van der Waals surface area contributed by atoms with Crippen molar-refractivity contribution in [1.29, 1.82) is 0 Å². The minimum Gasteiger partial charge on any atom is -0.477 e. The van der Waals surface area contributed by atoms with Crippen LogP contribution < -0.4 is 16.2 Å². The van der Waals surface area contributed by atoms with Crippen LogP contribution in [0.3, 0.4) is 0 Å². The van der Waals surface area contributed by atoms with E-state index in [4.69, 9.17) is 16.2 Å². The van der Waals surface area contributed by atoms with Crippen LogP contribution in [0.25, 0.3) is 0 Å². The van der Waals surface area contributed by atoms with Gasteiger partial charge in [0.15, 0.2) is 5.76 Å². The van der Waals surface area contributed by atoms with E-state index in [-0.39, 0.29) is 17.0 Å². The molecule has 124 valence electrons. The van der Waals surface area contributed by atoms with E-state index in [0.717, 1.165) is 19.0 Å². The Hall–Kier alpha value is -2.87. The standard InChI is InChI=1S/C19H20N2O3/c20-11-17(18(19(22)23)16(21)9-6-12-4-5-12)24-15-3-1-2-14(10-15)13-7-8-13/h1-3,10-13H,4-5,7-8,20-21H2,(H,22,23)/b17-11+,18-16+. The lowest BCUT2D eigenvalue weighted by molar-refractivity contribution is -0.132. The average Bonchev–Trinajstić information content (AvgIpc) is 3.46. The van der Waals surface area contributed by atoms with Gasteiger partial charge in [0.25, 0.3) is 0 Å². The van der Waals surface area contributed by atoms with Crippen molar-refractivity contribution in [3.05, 3.63) is 53.1 Å². The number of ether oxygens (including phenoxy) is 1. The van der Waals surface area contributed by atoms with Gasteiger partial charge in [-0.15, -0.1) is 0 Å². The molecule has 2 fully saturated rings. The van der Waals surface area contributed by atoms with E-state index in [1.807, 2.05) is 18.2 Å². The molecule has 5 nitrogen and oxygen atoms in total. The first-order chi connectivity index (χ1) is 11.6. The Labute approximate surface area is 141 Å². The van der Waals surface area contributed by atoms with Crippen LogP contribution in [0.1, 0.15) is 37.2 Å². The molecule has 0 saturated heterocycles. The Balaban J connectivity index is 1.85. The van der Waals surface area contributed by atoms with Gasteiger partial charge in [-0.05, 0) is 55.2 Å². The Kier molecular flexibility index (Phi) is 4.48. The second-order valence-corrected chi connectivity index (χ2v) is 6.12. The van der Waals surface area contributed by atoms with Gasteiger partial charge in [-0.3, -0.25) is 0 Å². The number of allylic oxidation sites excluding steroid dienone is 1. The van der Waals surface area contributed by atoms with E-state index < -0.39 is 5.97 Å². The van der Waals surface area contributed by atoms with Crippen LogP contribution >= 0.6 is 0 Å². The summed E-state index contributed by atoms with van der Waals surface area (Å²) >= 11 is 0. The van der Waals surface area contributed by atoms with Crippen LogP contribution in [-0.2, 0) is 4.79 Å². The van der Waals surface area contributed by atoms with Crippen molar-refractivity contribution in [3.63, 3.8) is 0 Å². The first kappa shape index (κ1) is 16.0. The van der Waals surface area contributed by atoms with E-state index in [0.29, 0.717) is 17.6 Å². The number of carbonyl (C=O) groups is 1. The van der Waals surface area contributed by atoms with Gasteiger partial charge in [0.05, 0.1) is 0 Å². The normalized spacial score (nSPS) is 18.2. The molecular formula is C19H20N2O3. The molecule has 5 heteroatoms. The zero-order valence-electron chi connectivity index (χ0n) is 13.3. The van der Waals surface area contributed by atoms with Gasteiger partial charge in [0.2, 0.25) is 0 Å². The predicted molar refractivity (Wildman–Crippen MR) is 90.7 cm³/mol. The molecule has 0 bridgehead atoms. The molecule has 2 aliphatic carbocycles. The molecule has 0 amide bonds. The van der Waals surface area contributed by atoms with E-state index >= 15 is 0 Å². The van der Waals surface area contributed by atoms with Crippen LogP contribution in [0.5, 0.6) is 5.75 Å². The van der Waals surface area contributed by atoms with Crippen molar-refractivity contribution in [3.8, 4) is 17.6 Å². The zero-order chi connectivity index (χ0) is 17.1. The molecule has 1 aromatic rings. The van der Waals surface area contributed by atoms with Crippen molar-refractivity contribution in [2.24, 2.45) is 17.4 Å². The Morgan fingerprint density at radius 2 is 2.04 bits per heavy atom. The van der Waals surface area contributed by atoms with Gasteiger partial charge >= 0.3 is 5.97 Å². The maximum Gasteiger partial charge on any atom is 0.342 e. The lowest BCUT2D eigenvalue weighted by Crippen LogP contribution is -2.16. The van der Waals surface area contributed by atoms with Gasteiger partial charge in [0.1, 0.15) is 17.0 Å². The summed E-state index contributed by atoms with van der Waals surface area (Å²) < 4.78 is 5.70. The van der Waals surface area contributed by atoms with Crippen molar-refractivity contribution in [2.45, 2.75) is 31.6 Å². The monoisotopic (exact) mass is 324 g/mol. The van der Waals surface area contributed by atoms with E-state index in [9.17, 15) is 9.90 Å². The molecule has 0 spiro atoms. The van der Waals surface area contributed by atoms with E-state index in [2.05, 4.69) is 11.8 Å². The summed E-state index contributed by atoms with van der Waals surface area (Å²) in [5.74, 6) is 5.88. The predicted octanol–water partition coefficient (Wildman–Crippen LogP) is 2.45. The molecule has 5 N–H and O–H groups in total. The van der Waals surface area contributed by atoms with Crippen LogP contribution in [0, 0.1) is 17.8 Å². The number of hydrogen-bond acceptors (Lipinski definition) is 4. The Morgan fingerprint density at radius 1 is 1.29 bits per heavy atom. The van der Waals surface area contributed by atoms with Gasteiger partial charge in [0, 0.05) is 12.1 Å². The maximum atomic E-state index is 11.6. The molecule has 0 atom stereocenters. The second-order valence-electron chi connectivity index (χ2n) is 6.12. The Morgan fingerprint density at radius 3 is 2.62 bits per heavy atom. The smallest absolute Gasteiger partial charge is 0.342 e. The summed E-state index contributed by atoms with van der Waals surface area (Å²) in [6, 6.07) is 7.60. The molecule has 0 aromatic heterocycles. The first-order valence-corrected chi connectivity index (χ1v) is 8.03. The molecular weight excluding hydrogens is 304 g/mol. The third kappa shape index (κ3) is 3.90. The molecule has 2 saturated carbocycles. The topological polar surface area (TPSA) is 98.6 Å². The van der Waals surface area contributed by atoms with Crippen LogP contribution in [0.4, 0.5) is 0 Å². The summed E-state index contributed by atoms with van der Waals surface area (Å²) in [7, 11) is 0. The summed E-state index contributed by atoms with van der Waals surface area (Å²) in [5.41, 5.74) is 12.4. The highest BCUT2D eigenvalue weighted by atomic mass is 16.5. The largest absolute Gasteiger partial charge is 0.477 e. The quantitative estimate of drug-likeness (QED) is 0.334. The fourth-order valence-corrected chi connectivity index (χ4v) is 2.37. The first-order valence-electron chi connectivity index (χ1n) is 8.03. The molecule has 3 rings (SSSR count). The zero-order valence-corrected chi connectivity index (χ0v) is 13.3. The van der Waals surface area contributed by atoms with Crippen LogP contribution in [-0.4, -0.2) is 11.1 Å². The molecule has 0 heterocycles. The number of nitrogens with two attached hydrogens (primary N) is 2. The molecule has 0 unspecified atom stereocenters. The number of carboxylic acid groups (broad SMARTS) is 1. The van der Waals surface area contributed by atoms with Gasteiger partial charge in [-0.2, -0.15) is 0 Å². The number of carboxylic acids is 1. The fraction of sp³-hybridized carbons (Fsp3) is 0.316. The number of rotatable bonds is 5. The minimum absolute atomic E-state index is 0.00181. The highest BCUT2D eigenvalue weighted by Gasteiger charge is 2.25. The van der Waals surface area contributed by atoms with Crippen molar-refractivity contribution in [2.75, 3.05) is 0 Å². The SMILES string of the molecule is N/C=C(Oc1cccc(C2CC2)c1)\C(C(=O)O)=C(/N)C#CC1CC1. The van der Waals surface area contributed by atoms with Crippen molar-refractivity contribution in [1.82, 2.24) is 0 Å². The van der Waals surface area contributed by atoms with Crippen LogP contribution in [0.2, 0.25) is 0 Å². The summed E-state index contributed by atoms with van der Waals surface area (Å²) in [5, 5.41) is 9.47. The van der Waals surface area contributed by atoms with Crippen molar-refractivity contribution >= 4 is 5.97 Å². The average molecular weight is 324 g/mol. The summed E-state index contributed by atoms with van der Waals surface area (Å²) in [6.07, 6.45) is 5.53. The number of aliphatic carboxylic acids is 1. The number of hydrogen-bond donors (Lipinski definition) is 3. The minimum atomic E-state index is -1.22. The molecule has 1 aromatic carbocycles. The van der Waals surface area contributed by atoms with E-state index in [1.54, 1.807) is 6.07 Å². The molecule has 2 aliphatic rings. The van der Waals surface area contributed by atoms with Crippen LogP contribution in [0.15, 0.2) is 47.5 Å². The molecule has 0 aliphatic heterocycles. The fourth-order valence-electron chi connectivity index (χ4n) is 2.37. The Bertz CT molecular complexity index is 775. The number of benzene rings is 1. The van der Waals surface area contributed by atoms with E-state index in [1.165, 1.54) is 18.4 Å². The third-order valence-corrected chi connectivity index (χ3v) is 4.00. The van der Waals surface area contributed by atoms with Gasteiger partial charge in [-0.1, -0.05) is 18.1 Å². The summed E-state index contributed by atoms with van der Waals surface area (Å²) in [6.45, 7) is 0. The molecule has 0 radical (unpaired) electrons. The van der Waals surface area contributed by atoms with Gasteiger partial charge in [-0.25, -0.2) is 4.79 Å². The third-order valence-electron chi connectivity index (χ3n) is 4.00. The molecule has 24 heavy (non-hydrogen) atoms. The highest BCUT2D eigenvalue weighted by molar-refractivity contribution is 5.93. The van der Waals surface area contributed by atoms with Crippen molar-refractivity contribution < 1.29 is 14.6 Å². The lowest BCUT2D eigenvalue weighted by atomic mass is 10.1. The van der Waals surface area contributed by atoms with Gasteiger partial charge < -0.3 is 21.3 Å². The lowest BCUT2D eigenvalue weighted by Gasteiger charge is -2.12. The summed E-state index contributed by atoms with van der Waals surface area (Å²) in [4.78, 5) is 11.6. The highest BCUT2D eigenvalue weighted by Crippen LogP contribution is 2.41. The second kappa shape index (κ2) is 6.71.